The average Bonchev–Trinajstić information content (AvgIpc) is 3.70. The fourth-order valence-electron chi connectivity index (χ4n) is 3.74. The number of aromatic nitrogens is 4. The third-order valence-electron chi connectivity index (χ3n) is 5.51. The highest BCUT2D eigenvalue weighted by Crippen LogP contribution is 2.38. The molecule has 2 aromatic carbocycles. The summed E-state index contributed by atoms with van der Waals surface area (Å²) in [5.74, 6) is 2.27. The van der Waals surface area contributed by atoms with Gasteiger partial charge >= 0.3 is 0 Å². The number of halogens is 1. The Hall–Kier alpha value is -4.16. The van der Waals surface area contributed by atoms with Gasteiger partial charge < -0.3 is 23.4 Å². The number of thiazole rings is 1. The van der Waals surface area contributed by atoms with Gasteiger partial charge in [-0.3, -0.25) is 0 Å². The number of nitrogens with zero attached hydrogens (tertiary/aromatic N) is 4. The normalized spacial score (nSPS) is 11.3. The first-order valence-electron chi connectivity index (χ1n) is 11.0. The van der Waals surface area contributed by atoms with Crippen LogP contribution in [-0.2, 0) is 6.61 Å². The van der Waals surface area contributed by atoms with Crippen LogP contribution in [0, 0.1) is 0 Å². The van der Waals surface area contributed by atoms with E-state index in [1.807, 2.05) is 35.7 Å². The van der Waals surface area contributed by atoms with E-state index >= 15 is 0 Å². The van der Waals surface area contributed by atoms with Crippen LogP contribution in [-0.4, -0.2) is 40.7 Å². The van der Waals surface area contributed by atoms with E-state index in [0.29, 0.717) is 44.4 Å². The standard InChI is InChI=1S/C25H19FN4O5S2/c1-31-17-7-20(33-11-15-12-36-23(27-15)14-3-5-16(6-4-14)34-13-26)18-9-22(35-21(18)8-17)19-10-30-24(28-19)37-25(29-30)32-2/h3-10,12H,11,13H2,1-2H3. The van der Waals surface area contributed by atoms with Crippen LogP contribution in [0.2, 0.25) is 0 Å². The quantitative estimate of drug-likeness (QED) is 0.214. The Bertz CT molecular complexity index is 1660. The number of rotatable bonds is 9. The Morgan fingerprint density at radius 3 is 2.62 bits per heavy atom. The maximum atomic E-state index is 12.3. The van der Waals surface area contributed by atoms with Gasteiger partial charge in [-0.2, -0.15) is 0 Å². The predicted molar refractivity (Wildman–Crippen MR) is 138 cm³/mol. The van der Waals surface area contributed by atoms with Crippen molar-refractivity contribution >= 4 is 38.6 Å². The van der Waals surface area contributed by atoms with E-state index in [4.69, 9.17) is 23.4 Å². The van der Waals surface area contributed by atoms with Crippen LogP contribution in [0.5, 0.6) is 22.4 Å². The third-order valence-corrected chi connectivity index (χ3v) is 7.33. The van der Waals surface area contributed by atoms with Crippen molar-refractivity contribution in [3.8, 4) is 44.5 Å². The summed E-state index contributed by atoms with van der Waals surface area (Å²) in [6, 6.07) is 12.6. The fraction of sp³-hybridized carbons (Fsp3) is 0.160. The summed E-state index contributed by atoms with van der Waals surface area (Å²) >= 11 is 2.84. The van der Waals surface area contributed by atoms with Gasteiger partial charge in [-0.15, -0.1) is 16.4 Å². The SMILES string of the molecule is COc1cc(OCc2csc(-c3ccc(OCF)cc3)n2)c2cc(-c3cn4nc(OC)sc4n3)oc2c1. The van der Waals surface area contributed by atoms with Gasteiger partial charge in [-0.25, -0.2) is 18.9 Å². The number of hydrogen-bond donors (Lipinski definition) is 0. The lowest BCUT2D eigenvalue weighted by atomic mass is 10.2. The molecule has 0 N–H and O–H groups in total. The highest BCUT2D eigenvalue weighted by atomic mass is 32.1. The summed E-state index contributed by atoms with van der Waals surface area (Å²) < 4.78 is 41.7. The van der Waals surface area contributed by atoms with Crippen molar-refractivity contribution in [2.24, 2.45) is 0 Å². The van der Waals surface area contributed by atoms with Crippen LogP contribution in [0.3, 0.4) is 0 Å². The van der Waals surface area contributed by atoms with E-state index in [9.17, 15) is 4.39 Å². The summed E-state index contributed by atoms with van der Waals surface area (Å²) in [7, 11) is 3.16. The van der Waals surface area contributed by atoms with Gasteiger partial charge in [0.1, 0.15) is 40.1 Å². The minimum atomic E-state index is -0.860. The minimum Gasteiger partial charge on any atom is -0.496 e. The fourth-order valence-corrected chi connectivity index (χ4v) is 5.25. The molecule has 6 rings (SSSR count). The lowest BCUT2D eigenvalue weighted by molar-refractivity contribution is 0.192. The molecule has 0 bridgehead atoms. The van der Waals surface area contributed by atoms with Gasteiger partial charge in [-0.1, -0.05) is 0 Å². The number of alkyl halides is 1. The molecule has 0 atom stereocenters. The van der Waals surface area contributed by atoms with Crippen molar-refractivity contribution in [3.05, 3.63) is 59.7 Å². The monoisotopic (exact) mass is 538 g/mol. The molecule has 12 heteroatoms. The van der Waals surface area contributed by atoms with Gasteiger partial charge in [-0.05, 0) is 41.7 Å². The van der Waals surface area contributed by atoms with Gasteiger partial charge in [0.05, 0.1) is 31.5 Å². The molecule has 188 valence electrons. The summed E-state index contributed by atoms with van der Waals surface area (Å²) in [6.45, 7) is -0.604. The Morgan fingerprint density at radius 1 is 1.00 bits per heavy atom. The molecule has 6 aromatic rings. The molecule has 0 aliphatic carbocycles. The molecule has 9 nitrogen and oxygen atoms in total. The topological polar surface area (TPSA) is 93.1 Å². The van der Waals surface area contributed by atoms with Crippen LogP contribution in [0.1, 0.15) is 5.69 Å². The van der Waals surface area contributed by atoms with Gasteiger partial charge in [0, 0.05) is 23.1 Å². The van der Waals surface area contributed by atoms with Crippen molar-refractivity contribution in [2.45, 2.75) is 6.61 Å². The van der Waals surface area contributed by atoms with Crippen molar-refractivity contribution < 1.29 is 27.8 Å². The highest BCUT2D eigenvalue weighted by molar-refractivity contribution is 7.18. The third kappa shape index (κ3) is 4.56. The Balaban J connectivity index is 1.25. The van der Waals surface area contributed by atoms with Gasteiger partial charge in [0.15, 0.2) is 5.76 Å². The molecule has 0 unspecified atom stereocenters. The zero-order valence-corrected chi connectivity index (χ0v) is 21.3. The zero-order valence-electron chi connectivity index (χ0n) is 19.6. The van der Waals surface area contributed by atoms with Crippen molar-refractivity contribution in [1.82, 2.24) is 19.6 Å². The van der Waals surface area contributed by atoms with Gasteiger partial charge in [0.25, 0.3) is 5.19 Å². The summed E-state index contributed by atoms with van der Waals surface area (Å²) in [4.78, 5) is 9.97. The lowest BCUT2D eigenvalue weighted by Crippen LogP contribution is -1.97. The van der Waals surface area contributed by atoms with E-state index in [2.05, 4.69) is 15.1 Å². The zero-order chi connectivity index (χ0) is 25.4. The van der Waals surface area contributed by atoms with Crippen molar-refractivity contribution in [1.29, 1.82) is 0 Å². The van der Waals surface area contributed by atoms with E-state index < -0.39 is 6.86 Å². The molecule has 4 aromatic heterocycles. The highest BCUT2D eigenvalue weighted by Gasteiger charge is 2.17. The van der Waals surface area contributed by atoms with Crippen LogP contribution in [0.25, 0.3) is 38.0 Å². The number of furan rings is 1. The van der Waals surface area contributed by atoms with E-state index in [0.717, 1.165) is 21.7 Å². The van der Waals surface area contributed by atoms with E-state index in [1.54, 1.807) is 37.1 Å². The number of benzene rings is 2. The Morgan fingerprint density at radius 2 is 1.86 bits per heavy atom. The van der Waals surface area contributed by atoms with Crippen LogP contribution in [0.4, 0.5) is 4.39 Å². The molecule has 0 saturated carbocycles. The molecule has 37 heavy (non-hydrogen) atoms. The van der Waals surface area contributed by atoms with Crippen LogP contribution in [0.15, 0.2) is 58.5 Å². The first kappa shape index (κ1) is 23.3. The van der Waals surface area contributed by atoms with E-state index in [-0.39, 0.29) is 6.61 Å². The number of ether oxygens (including phenoxy) is 4. The Labute approximate surface area is 217 Å². The largest absolute Gasteiger partial charge is 0.496 e. The smallest absolute Gasteiger partial charge is 0.294 e. The predicted octanol–water partition coefficient (Wildman–Crippen LogP) is 6.23. The molecule has 0 aliphatic rings. The second-order valence-corrected chi connectivity index (χ2v) is 9.56. The summed E-state index contributed by atoms with van der Waals surface area (Å²) in [5, 5.41) is 8.41. The summed E-state index contributed by atoms with van der Waals surface area (Å²) in [6.07, 6.45) is 1.79. The molecular formula is C25H19FN4O5S2. The number of imidazole rings is 1. The second-order valence-electron chi connectivity index (χ2n) is 7.78. The number of hydrogen-bond acceptors (Lipinski definition) is 10. The maximum Gasteiger partial charge on any atom is 0.294 e. The van der Waals surface area contributed by atoms with Crippen molar-refractivity contribution in [3.63, 3.8) is 0 Å². The number of fused-ring (bicyclic) bond motifs is 2. The second kappa shape index (κ2) is 9.71. The molecule has 0 saturated heterocycles. The molecule has 4 heterocycles. The molecular weight excluding hydrogens is 519 g/mol. The molecule has 0 aliphatic heterocycles. The van der Waals surface area contributed by atoms with Gasteiger partial charge in [0.2, 0.25) is 11.8 Å². The molecule has 0 amide bonds. The molecule has 0 radical (unpaired) electrons. The summed E-state index contributed by atoms with van der Waals surface area (Å²) in [5.41, 5.74) is 2.95. The minimum absolute atomic E-state index is 0.256. The lowest BCUT2D eigenvalue weighted by Gasteiger charge is -2.08. The number of methoxy groups -OCH3 is 2. The van der Waals surface area contributed by atoms with Crippen LogP contribution < -0.4 is 18.9 Å². The van der Waals surface area contributed by atoms with Crippen molar-refractivity contribution in [2.75, 3.05) is 21.1 Å². The molecule has 0 spiro atoms. The molecule has 0 fully saturated rings. The maximum absolute atomic E-state index is 12.3. The first-order chi connectivity index (χ1) is 18.1. The van der Waals surface area contributed by atoms with E-state index in [1.165, 1.54) is 22.7 Å². The average molecular weight is 539 g/mol. The Kier molecular flexibility index (Phi) is 6.10. The van der Waals surface area contributed by atoms with Crippen LogP contribution >= 0.6 is 22.7 Å². The first-order valence-corrected chi connectivity index (χ1v) is 12.7.